The van der Waals surface area contributed by atoms with Crippen LogP contribution in [0.25, 0.3) is 0 Å². The zero-order valence-electron chi connectivity index (χ0n) is 14.1. The summed E-state index contributed by atoms with van der Waals surface area (Å²) in [5, 5.41) is 0. The Bertz CT molecular complexity index is 864. The van der Waals surface area contributed by atoms with E-state index in [1.165, 1.54) is 29.6 Å². The quantitative estimate of drug-likeness (QED) is 0.741. The maximum Gasteiger partial charge on any atom is 0.337 e. The minimum Gasteiger partial charge on any atom is -0.465 e. The molecule has 1 aromatic carbocycles. The van der Waals surface area contributed by atoms with Crippen LogP contribution >= 0.6 is 0 Å². The molecule has 0 unspecified atom stereocenters. The van der Waals surface area contributed by atoms with Crippen molar-refractivity contribution in [2.45, 2.75) is 36.7 Å². The normalized spacial score (nSPS) is 15.8. The van der Waals surface area contributed by atoms with Gasteiger partial charge in [-0.1, -0.05) is 12.1 Å². The second kappa shape index (κ2) is 6.93. The summed E-state index contributed by atoms with van der Waals surface area (Å²) >= 11 is 0. The standard InChI is InChI=1S/C18H20N2O4S/c1-13(17-8-3-4-11-19-17)20(15-9-10-15)25(22,23)16-7-5-6-14(12-16)18(21)24-2/h3-8,11-13,15H,9-10H2,1-2H3/t13-/m0/s1. The van der Waals surface area contributed by atoms with Crippen molar-refractivity contribution in [3.63, 3.8) is 0 Å². The summed E-state index contributed by atoms with van der Waals surface area (Å²) in [6.45, 7) is 1.84. The van der Waals surface area contributed by atoms with Gasteiger partial charge in [0.05, 0.1) is 29.3 Å². The van der Waals surface area contributed by atoms with Gasteiger partial charge in [0, 0.05) is 12.2 Å². The van der Waals surface area contributed by atoms with Crippen molar-refractivity contribution in [2.75, 3.05) is 7.11 Å². The highest BCUT2D eigenvalue weighted by Gasteiger charge is 2.42. The predicted molar refractivity (Wildman–Crippen MR) is 92.5 cm³/mol. The highest BCUT2D eigenvalue weighted by atomic mass is 32.2. The van der Waals surface area contributed by atoms with E-state index in [9.17, 15) is 13.2 Å². The Hall–Kier alpha value is -2.25. The van der Waals surface area contributed by atoms with E-state index >= 15 is 0 Å². The van der Waals surface area contributed by atoms with Gasteiger partial charge >= 0.3 is 5.97 Å². The summed E-state index contributed by atoms with van der Waals surface area (Å²) in [4.78, 5) is 16.1. The number of carbonyl (C=O) groups excluding carboxylic acids is 1. The molecule has 0 spiro atoms. The molecular weight excluding hydrogens is 340 g/mol. The molecule has 1 aromatic heterocycles. The molecule has 0 bridgehead atoms. The van der Waals surface area contributed by atoms with Crippen LogP contribution in [0.2, 0.25) is 0 Å². The molecule has 25 heavy (non-hydrogen) atoms. The van der Waals surface area contributed by atoms with E-state index in [0.29, 0.717) is 5.69 Å². The Morgan fingerprint density at radius 3 is 2.60 bits per heavy atom. The molecule has 1 aliphatic rings. The summed E-state index contributed by atoms with van der Waals surface area (Å²) in [5.41, 5.74) is 0.909. The summed E-state index contributed by atoms with van der Waals surface area (Å²) in [5.74, 6) is -0.562. The molecule has 1 fully saturated rings. The van der Waals surface area contributed by atoms with Crippen molar-refractivity contribution in [2.24, 2.45) is 0 Å². The van der Waals surface area contributed by atoms with Crippen molar-refractivity contribution in [3.05, 3.63) is 59.9 Å². The summed E-state index contributed by atoms with van der Waals surface area (Å²) in [6.07, 6.45) is 3.31. The summed E-state index contributed by atoms with van der Waals surface area (Å²) < 4.78 is 32.7. The number of benzene rings is 1. The fraction of sp³-hybridized carbons (Fsp3) is 0.333. The molecule has 1 atom stereocenters. The molecule has 1 saturated carbocycles. The fourth-order valence-electron chi connectivity index (χ4n) is 2.83. The number of nitrogens with zero attached hydrogens (tertiary/aromatic N) is 2. The van der Waals surface area contributed by atoms with Gasteiger partial charge in [0.2, 0.25) is 10.0 Å². The monoisotopic (exact) mass is 360 g/mol. The molecule has 1 heterocycles. The topological polar surface area (TPSA) is 76.6 Å². The first kappa shape index (κ1) is 17.6. The summed E-state index contributed by atoms with van der Waals surface area (Å²) in [6, 6.07) is 11.0. The number of carbonyl (C=O) groups is 1. The van der Waals surface area contributed by atoms with Gasteiger partial charge in [0.25, 0.3) is 0 Å². The van der Waals surface area contributed by atoms with E-state index in [2.05, 4.69) is 9.72 Å². The van der Waals surface area contributed by atoms with E-state index in [1.807, 2.05) is 19.1 Å². The van der Waals surface area contributed by atoms with Crippen LogP contribution < -0.4 is 0 Å². The maximum atomic E-state index is 13.2. The van der Waals surface area contributed by atoms with Gasteiger partial charge in [-0.3, -0.25) is 4.98 Å². The molecule has 0 aliphatic heterocycles. The second-order valence-corrected chi connectivity index (χ2v) is 7.86. The predicted octanol–water partition coefficient (Wildman–Crippen LogP) is 2.78. The van der Waals surface area contributed by atoms with E-state index < -0.39 is 16.0 Å². The fourth-order valence-corrected chi connectivity index (χ4v) is 4.72. The van der Waals surface area contributed by atoms with Crippen molar-refractivity contribution < 1.29 is 17.9 Å². The number of sulfonamides is 1. The number of hydrogen-bond acceptors (Lipinski definition) is 5. The Morgan fingerprint density at radius 1 is 1.24 bits per heavy atom. The van der Waals surface area contributed by atoms with E-state index in [0.717, 1.165) is 12.8 Å². The molecule has 0 amide bonds. The van der Waals surface area contributed by atoms with Gasteiger partial charge in [-0.15, -0.1) is 0 Å². The largest absolute Gasteiger partial charge is 0.465 e. The lowest BCUT2D eigenvalue weighted by atomic mass is 10.2. The number of hydrogen-bond donors (Lipinski definition) is 0. The van der Waals surface area contributed by atoms with Crippen molar-refractivity contribution >= 4 is 16.0 Å². The molecule has 3 rings (SSSR count). The molecule has 0 N–H and O–H groups in total. The molecule has 132 valence electrons. The van der Waals surface area contributed by atoms with Gasteiger partial charge in [-0.05, 0) is 50.1 Å². The first-order valence-electron chi connectivity index (χ1n) is 8.08. The van der Waals surface area contributed by atoms with Crippen LogP contribution in [0.4, 0.5) is 0 Å². The lowest BCUT2D eigenvalue weighted by Gasteiger charge is -2.28. The van der Waals surface area contributed by atoms with E-state index in [4.69, 9.17) is 0 Å². The van der Waals surface area contributed by atoms with E-state index in [-0.39, 0.29) is 22.5 Å². The molecule has 1 aliphatic carbocycles. The van der Waals surface area contributed by atoms with Gasteiger partial charge in [-0.2, -0.15) is 4.31 Å². The van der Waals surface area contributed by atoms with Crippen LogP contribution in [0.15, 0.2) is 53.6 Å². The number of aromatic nitrogens is 1. The number of esters is 1. The molecule has 0 saturated heterocycles. The number of pyridine rings is 1. The number of rotatable bonds is 6. The highest BCUT2D eigenvalue weighted by Crippen LogP contribution is 2.38. The Balaban J connectivity index is 2.00. The average molecular weight is 360 g/mol. The zero-order chi connectivity index (χ0) is 18.0. The molecule has 6 nitrogen and oxygen atoms in total. The SMILES string of the molecule is COC(=O)c1cccc(S(=O)(=O)N(C2CC2)[C@@H](C)c2ccccn2)c1. The van der Waals surface area contributed by atoms with Crippen LogP contribution in [-0.2, 0) is 14.8 Å². The van der Waals surface area contributed by atoms with Crippen LogP contribution in [0.5, 0.6) is 0 Å². The lowest BCUT2D eigenvalue weighted by Crippen LogP contribution is -2.36. The molecule has 7 heteroatoms. The minimum atomic E-state index is -3.76. The molecule has 0 radical (unpaired) electrons. The zero-order valence-corrected chi connectivity index (χ0v) is 14.9. The van der Waals surface area contributed by atoms with Crippen LogP contribution in [0.3, 0.4) is 0 Å². The van der Waals surface area contributed by atoms with Gasteiger partial charge in [0.15, 0.2) is 0 Å². The van der Waals surface area contributed by atoms with Crippen LogP contribution in [-0.4, -0.2) is 36.8 Å². The lowest BCUT2D eigenvalue weighted by molar-refractivity contribution is 0.0600. The molecular formula is C18H20N2O4S. The van der Waals surface area contributed by atoms with E-state index in [1.54, 1.807) is 18.3 Å². The minimum absolute atomic E-state index is 0.0382. The number of methoxy groups -OCH3 is 1. The third-order valence-corrected chi connectivity index (χ3v) is 6.25. The van der Waals surface area contributed by atoms with Crippen LogP contribution in [0, 0.1) is 0 Å². The highest BCUT2D eigenvalue weighted by molar-refractivity contribution is 7.89. The Morgan fingerprint density at radius 2 is 2.00 bits per heavy atom. The molecule has 2 aromatic rings. The smallest absolute Gasteiger partial charge is 0.337 e. The first-order chi connectivity index (χ1) is 11.9. The van der Waals surface area contributed by atoms with Crippen molar-refractivity contribution in [1.82, 2.24) is 9.29 Å². The number of ether oxygens (including phenoxy) is 1. The Labute approximate surface area is 147 Å². The van der Waals surface area contributed by atoms with Gasteiger partial charge < -0.3 is 4.74 Å². The summed E-state index contributed by atoms with van der Waals surface area (Å²) in [7, 11) is -2.50. The maximum absolute atomic E-state index is 13.2. The van der Waals surface area contributed by atoms with Crippen LogP contribution in [0.1, 0.15) is 41.9 Å². The first-order valence-corrected chi connectivity index (χ1v) is 9.52. The van der Waals surface area contributed by atoms with Crippen molar-refractivity contribution in [3.8, 4) is 0 Å². The third-order valence-electron chi connectivity index (χ3n) is 4.23. The Kier molecular flexibility index (Phi) is 4.87. The van der Waals surface area contributed by atoms with Crippen molar-refractivity contribution in [1.29, 1.82) is 0 Å². The van der Waals surface area contributed by atoms with Gasteiger partial charge in [0.1, 0.15) is 0 Å². The average Bonchev–Trinajstić information content (AvgIpc) is 3.46. The third kappa shape index (κ3) is 3.57. The van der Waals surface area contributed by atoms with Gasteiger partial charge in [-0.25, -0.2) is 13.2 Å². The second-order valence-electron chi connectivity index (χ2n) is 6.02.